The van der Waals surface area contributed by atoms with Crippen molar-refractivity contribution in [1.82, 2.24) is 4.98 Å². The molecule has 2 heteroatoms. The van der Waals surface area contributed by atoms with Crippen LogP contribution in [0.3, 0.4) is 0 Å². The molecule has 0 fully saturated rings. The Hall–Kier alpha value is -0.0831. The van der Waals surface area contributed by atoms with Crippen molar-refractivity contribution in [2.75, 3.05) is 0 Å². The van der Waals surface area contributed by atoms with Crippen LogP contribution in [0.15, 0.2) is 11.3 Å². The fourth-order valence-electron chi connectivity index (χ4n) is 0.397. The highest BCUT2D eigenvalue weighted by Gasteiger charge is 2.06. The molecular weight excluding hydrogens is 138 g/mol. The topological polar surface area (TPSA) is 12.0 Å². The highest BCUT2D eigenvalue weighted by molar-refractivity contribution is 6.39. The van der Waals surface area contributed by atoms with Crippen LogP contribution in [0.5, 0.6) is 0 Å². The monoisotopic (exact) mass is 155 g/mol. The van der Waals surface area contributed by atoms with Gasteiger partial charge in [0.05, 0.1) is 0 Å². The second kappa shape index (κ2) is 3.94. The van der Waals surface area contributed by atoms with Gasteiger partial charge in [0, 0.05) is 5.54 Å². The molecule has 0 aromatic rings. The minimum Gasteiger partial charge on any atom is -0.331 e. The predicted octanol–water partition coefficient (Wildman–Crippen LogP) is 1.92. The third-order valence-electron chi connectivity index (χ3n) is 0.808. The normalized spacial score (nSPS) is 11.3. The van der Waals surface area contributed by atoms with Crippen LogP contribution in [-0.2, 0) is 0 Å². The number of allylic oxidation sites excluding steroid dienone is 1. The van der Waals surface area contributed by atoms with Gasteiger partial charge in [0.1, 0.15) is 0 Å². The van der Waals surface area contributed by atoms with Crippen LogP contribution in [-0.4, -0.2) is 15.2 Å². The van der Waals surface area contributed by atoms with Gasteiger partial charge in [-0.05, 0) is 34.6 Å². The maximum atomic E-state index is 3.40. The SMILES string of the molecule is CC(C)=C[Si]NC(C)(C)C. The lowest BCUT2D eigenvalue weighted by Gasteiger charge is -2.18. The third kappa shape index (κ3) is 7.92. The first-order valence-corrected chi connectivity index (χ1v) is 4.65. The van der Waals surface area contributed by atoms with Crippen molar-refractivity contribution in [2.45, 2.75) is 40.2 Å². The number of hydrogen-bond acceptors (Lipinski definition) is 1. The zero-order valence-corrected chi connectivity index (χ0v) is 8.58. The van der Waals surface area contributed by atoms with Gasteiger partial charge in [-0.3, -0.25) is 0 Å². The Morgan fingerprint density at radius 2 is 1.80 bits per heavy atom. The van der Waals surface area contributed by atoms with E-state index in [9.17, 15) is 0 Å². The van der Waals surface area contributed by atoms with Crippen molar-refractivity contribution < 1.29 is 0 Å². The van der Waals surface area contributed by atoms with Crippen molar-refractivity contribution in [1.29, 1.82) is 0 Å². The highest BCUT2D eigenvalue weighted by Crippen LogP contribution is 1.96. The van der Waals surface area contributed by atoms with Crippen LogP contribution >= 0.6 is 0 Å². The molecule has 0 aliphatic rings. The van der Waals surface area contributed by atoms with Crippen LogP contribution in [0.25, 0.3) is 0 Å². The van der Waals surface area contributed by atoms with Crippen molar-refractivity contribution in [2.24, 2.45) is 0 Å². The largest absolute Gasteiger partial charge is 0.331 e. The molecule has 0 atom stereocenters. The molecule has 10 heavy (non-hydrogen) atoms. The Morgan fingerprint density at radius 1 is 1.30 bits per heavy atom. The fourth-order valence-corrected chi connectivity index (χ4v) is 1.19. The zero-order chi connectivity index (χ0) is 8.20. The molecule has 0 aromatic heterocycles. The van der Waals surface area contributed by atoms with E-state index in [1.54, 1.807) is 0 Å². The average Bonchev–Trinajstić information content (AvgIpc) is 1.59. The van der Waals surface area contributed by atoms with Gasteiger partial charge in [-0.2, -0.15) is 0 Å². The van der Waals surface area contributed by atoms with Crippen LogP contribution in [0.2, 0.25) is 0 Å². The molecule has 0 saturated heterocycles. The Labute approximate surface area is 66.8 Å². The minimum absolute atomic E-state index is 0.254. The summed E-state index contributed by atoms with van der Waals surface area (Å²) in [5.41, 5.74) is 3.87. The number of hydrogen-bond donors (Lipinski definition) is 1. The van der Waals surface area contributed by atoms with E-state index in [0.717, 1.165) is 9.68 Å². The lowest BCUT2D eigenvalue weighted by atomic mass is 10.1. The Bertz CT molecular complexity index is 118. The van der Waals surface area contributed by atoms with Gasteiger partial charge >= 0.3 is 0 Å². The van der Waals surface area contributed by atoms with Crippen molar-refractivity contribution in [3.63, 3.8) is 0 Å². The summed E-state index contributed by atoms with van der Waals surface area (Å²) in [5, 5.41) is 0. The lowest BCUT2D eigenvalue weighted by Crippen LogP contribution is -2.37. The summed E-state index contributed by atoms with van der Waals surface area (Å²) in [4.78, 5) is 3.40. The molecule has 0 rings (SSSR count). The summed E-state index contributed by atoms with van der Waals surface area (Å²) in [6.07, 6.45) is 0. The molecule has 0 aliphatic heterocycles. The van der Waals surface area contributed by atoms with Gasteiger partial charge in [0.2, 0.25) is 0 Å². The smallest absolute Gasteiger partial charge is 0.171 e. The van der Waals surface area contributed by atoms with Gasteiger partial charge in [-0.25, -0.2) is 0 Å². The number of nitrogens with one attached hydrogen (secondary N) is 1. The molecule has 0 heterocycles. The maximum Gasteiger partial charge on any atom is 0.171 e. The lowest BCUT2D eigenvalue weighted by molar-refractivity contribution is 0.525. The van der Waals surface area contributed by atoms with Crippen molar-refractivity contribution in [3.8, 4) is 0 Å². The molecule has 0 aromatic carbocycles. The average molecular weight is 155 g/mol. The first-order valence-electron chi connectivity index (χ1n) is 3.58. The molecule has 58 valence electrons. The van der Waals surface area contributed by atoms with Gasteiger partial charge in [0.25, 0.3) is 0 Å². The second-order valence-electron chi connectivity index (χ2n) is 3.74. The summed E-state index contributed by atoms with van der Waals surface area (Å²) in [6.45, 7) is 10.8. The minimum atomic E-state index is 0.254. The van der Waals surface area contributed by atoms with E-state index in [0.29, 0.717) is 0 Å². The van der Waals surface area contributed by atoms with E-state index in [1.807, 2.05) is 0 Å². The fraction of sp³-hybridized carbons (Fsp3) is 0.750. The molecule has 0 spiro atoms. The molecule has 1 N–H and O–H groups in total. The van der Waals surface area contributed by atoms with Gasteiger partial charge in [-0.15, -0.1) is 0 Å². The Balaban J connectivity index is 3.47. The van der Waals surface area contributed by atoms with E-state index >= 15 is 0 Å². The number of rotatable bonds is 2. The molecule has 0 unspecified atom stereocenters. The van der Waals surface area contributed by atoms with E-state index in [1.165, 1.54) is 5.57 Å². The molecule has 0 bridgehead atoms. The van der Waals surface area contributed by atoms with Crippen molar-refractivity contribution in [3.05, 3.63) is 11.3 Å². The Morgan fingerprint density at radius 3 is 2.10 bits per heavy atom. The molecular formula is C8H17NSi. The van der Waals surface area contributed by atoms with E-state index in [4.69, 9.17) is 0 Å². The standard InChI is InChI=1S/C8H17NSi/c1-7(2)6-10-9-8(3,4)5/h6,9H,1-5H3. The first kappa shape index (κ1) is 9.92. The van der Waals surface area contributed by atoms with Crippen molar-refractivity contribution >= 4 is 9.68 Å². The zero-order valence-electron chi connectivity index (χ0n) is 7.58. The molecule has 1 nitrogen and oxygen atoms in total. The van der Waals surface area contributed by atoms with Gasteiger partial charge < -0.3 is 4.98 Å². The van der Waals surface area contributed by atoms with Gasteiger partial charge in [-0.1, -0.05) is 11.3 Å². The van der Waals surface area contributed by atoms with E-state index in [-0.39, 0.29) is 5.54 Å². The van der Waals surface area contributed by atoms with Crippen LogP contribution in [0.4, 0.5) is 0 Å². The van der Waals surface area contributed by atoms with Gasteiger partial charge in [0.15, 0.2) is 9.68 Å². The van der Waals surface area contributed by atoms with E-state index < -0.39 is 0 Å². The summed E-state index contributed by atoms with van der Waals surface area (Å²) in [6, 6.07) is 0. The summed E-state index contributed by atoms with van der Waals surface area (Å²) in [7, 11) is 0.752. The molecule has 0 aliphatic carbocycles. The predicted molar refractivity (Wildman–Crippen MR) is 48.1 cm³/mol. The quantitative estimate of drug-likeness (QED) is 0.601. The molecule has 0 saturated carbocycles. The van der Waals surface area contributed by atoms with E-state index in [2.05, 4.69) is 45.3 Å². The Kier molecular flexibility index (Phi) is 3.90. The molecule has 2 radical (unpaired) electrons. The first-order chi connectivity index (χ1) is 4.42. The third-order valence-corrected chi connectivity index (χ3v) is 2.42. The summed E-state index contributed by atoms with van der Waals surface area (Å²) < 4.78 is 0. The summed E-state index contributed by atoms with van der Waals surface area (Å²) in [5.74, 6) is 0. The van der Waals surface area contributed by atoms with Crippen LogP contribution < -0.4 is 4.98 Å². The highest BCUT2D eigenvalue weighted by atomic mass is 28.2. The molecule has 0 amide bonds. The van der Waals surface area contributed by atoms with Crippen LogP contribution in [0.1, 0.15) is 34.6 Å². The summed E-state index contributed by atoms with van der Waals surface area (Å²) >= 11 is 0. The van der Waals surface area contributed by atoms with Crippen LogP contribution in [0, 0.1) is 0 Å². The maximum absolute atomic E-state index is 3.40. The second-order valence-corrected chi connectivity index (χ2v) is 4.57.